The molecule has 0 amide bonds. The minimum atomic E-state index is -0.813. The third-order valence-corrected chi connectivity index (χ3v) is 6.47. The van der Waals surface area contributed by atoms with Crippen molar-refractivity contribution >= 4 is 5.97 Å². The lowest BCUT2D eigenvalue weighted by molar-refractivity contribution is -0.142. The van der Waals surface area contributed by atoms with Crippen LogP contribution in [0.15, 0.2) is 48.5 Å². The van der Waals surface area contributed by atoms with Crippen molar-refractivity contribution in [1.29, 1.82) is 0 Å². The summed E-state index contributed by atoms with van der Waals surface area (Å²) in [7, 11) is 0. The number of benzene rings is 2. The lowest BCUT2D eigenvalue weighted by Gasteiger charge is -2.23. The lowest BCUT2D eigenvalue weighted by Crippen LogP contribution is -2.28. The average molecular weight is 434 g/mol. The van der Waals surface area contributed by atoms with E-state index < -0.39 is 11.9 Å². The summed E-state index contributed by atoms with van der Waals surface area (Å²) in [5.41, 5.74) is 4.78. The smallest absolute Gasteiger partial charge is 0.307 e. The van der Waals surface area contributed by atoms with Crippen molar-refractivity contribution in [2.75, 3.05) is 13.1 Å². The van der Waals surface area contributed by atoms with Gasteiger partial charge in [-0.3, -0.25) is 4.79 Å². The number of carbonyl (C=O) groups is 1. The van der Waals surface area contributed by atoms with Crippen molar-refractivity contribution in [3.8, 4) is 11.1 Å². The highest BCUT2D eigenvalue weighted by Crippen LogP contribution is 2.32. The fourth-order valence-electron chi connectivity index (χ4n) is 4.79. The number of H-pyrrole nitrogens is 1. The van der Waals surface area contributed by atoms with Gasteiger partial charge in [0.2, 0.25) is 0 Å². The Morgan fingerprint density at radius 2 is 2.00 bits per heavy atom. The molecule has 7 nitrogen and oxygen atoms in total. The standard InChI is InChI=1S/C25H31N5O2/c1-2-6-22(25(31)32)23(24-27-29-30-28-24)14-17-7-3-8-18(13-17)19-9-4-10-20(15-19)21-11-5-12-26-16-21/h3-4,7-10,13,15,21-23,26H,2,5-6,11-12,14,16H2,1H3,(H,31,32)(H,27,28,29,30)/t21?,22-,23-/m0/s1. The van der Waals surface area contributed by atoms with Gasteiger partial charge in [0.1, 0.15) is 0 Å². The fourth-order valence-corrected chi connectivity index (χ4v) is 4.79. The number of rotatable bonds is 9. The number of nitrogens with one attached hydrogen (secondary N) is 2. The van der Waals surface area contributed by atoms with E-state index in [0.717, 1.165) is 30.6 Å². The second kappa shape index (κ2) is 10.5. The molecule has 1 unspecified atom stereocenters. The first-order valence-electron chi connectivity index (χ1n) is 11.5. The second-order valence-corrected chi connectivity index (χ2v) is 8.68. The normalized spacial score (nSPS) is 18.2. The summed E-state index contributed by atoms with van der Waals surface area (Å²) in [6.07, 6.45) is 4.34. The summed E-state index contributed by atoms with van der Waals surface area (Å²) in [5, 5.41) is 27.7. The van der Waals surface area contributed by atoms with Gasteiger partial charge < -0.3 is 10.4 Å². The topological polar surface area (TPSA) is 104 Å². The summed E-state index contributed by atoms with van der Waals surface area (Å²) < 4.78 is 0. The number of tetrazole rings is 1. The Morgan fingerprint density at radius 1 is 1.19 bits per heavy atom. The number of hydrogen-bond donors (Lipinski definition) is 3. The fraction of sp³-hybridized carbons (Fsp3) is 0.440. The molecule has 0 saturated carbocycles. The van der Waals surface area contributed by atoms with E-state index in [4.69, 9.17) is 0 Å². The van der Waals surface area contributed by atoms with Crippen LogP contribution in [0.2, 0.25) is 0 Å². The maximum absolute atomic E-state index is 12.0. The van der Waals surface area contributed by atoms with E-state index >= 15 is 0 Å². The molecule has 4 rings (SSSR count). The van der Waals surface area contributed by atoms with Crippen LogP contribution >= 0.6 is 0 Å². The van der Waals surface area contributed by atoms with Crippen molar-refractivity contribution in [3.05, 3.63) is 65.5 Å². The van der Waals surface area contributed by atoms with Gasteiger partial charge in [0.25, 0.3) is 0 Å². The SMILES string of the molecule is CCC[C@H](C(=O)O)[C@H](Cc1cccc(-c2cccc(C3CCCNC3)c2)c1)c1nn[nH]n1. The Kier molecular flexibility index (Phi) is 7.27. The first-order chi connectivity index (χ1) is 15.7. The van der Waals surface area contributed by atoms with E-state index in [-0.39, 0.29) is 5.92 Å². The molecule has 2 aromatic carbocycles. The van der Waals surface area contributed by atoms with Crippen LogP contribution in [0.5, 0.6) is 0 Å². The molecule has 2 heterocycles. The van der Waals surface area contributed by atoms with E-state index in [9.17, 15) is 9.90 Å². The Labute approximate surface area is 188 Å². The largest absolute Gasteiger partial charge is 0.481 e. The molecule has 0 aliphatic carbocycles. The third kappa shape index (κ3) is 5.22. The zero-order valence-electron chi connectivity index (χ0n) is 18.5. The zero-order chi connectivity index (χ0) is 22.3. The number of aromatic nitrogens is 4. The average Bonchev–Trinajstić information content (AvgIpc) is 3.37. The van der Waals surface area contributed by atoms with E-state index in [2.05, 4.69) is 68.4 Å². The molecule has 0 bridgehead atoms. The maximum atomic E-state index is 12.0. The first kappa shape index (κ1) is 22.1. The van der Waals surface area contributed by atoms with Crippen LogP contribution in [0.3, 0.4) is 0 Å². The van der Waals surface area contributed by atoms with Crippen LogP contribution in [0.1, 0.15) is 61.4 Å². The molecule has 1 fully saturated rings. The van der Waals surface area contributed by atoms with Crippen molar-refractivity contribution in [3.63, 3.8) is 0 Å². The number of hydrogen-bond acceptors (Lipinski definition) is 5. The van der Waals surface area contributed by atoms with Crippen LogP contribution in [-0.2, 0) is 11.2 Å². The molecule has 7 heteroatoms. The molecule has 3 aromatic rings. The zero-order valence-corrected chi connectivity index (χ0v) is 18.5. The second-order valence-electron chi connectivity index (χ2n) is 8.68. The molecule has 0 radical (unpaired) electrons. The van der Waals surface area contributed by atoms with E-state index in [1.807, 2.05) is 13.0 Å². The number of piperidine rings is 1. The third-order valence-electron chi connectivity index (χ3n) is 6.47. The molecular formula is C25H31N5O2. The highest BCUT2D eigenvalue weighted by Gasteiger charge is 2.32. The van der Waals surface area contributed by atoms with Crippen LogP contribution in [0.25, 0.3) is 11.1 Å². The quantitative estimate of drug-likeness (QED) is 0.468. The molecule has 0 spiro atoms. The Morgan fingerprint density at radius 3 is 2.69 bits per heavy atom. The van der Waals surface area contributed by atoms with Gasteiger partial charge >= 0.3 is 5.97 Å². The molecule has 1 aliphatic rings. The van der Waals surface area contributed by atoms with Gasteiger partial charge in [0.05, 0.1) is 5.92 Å². The molecule has 3 atom stereocenters. The minimum absolute atomic E-state index is 0.332. The van der Waals surface area contributed by atoms with E-state index in [1.54, 1.807) is 0 Å². The van der Waals surface area contributed by atoms with E-state index in [0.29, 0.717) is 24.6 Å². The summed E-state index contributed by atoms with van der Waals surface area (Å²) in [4.78, 5) is 12.0. The van der Waals surface area contributed by atoms with Gasteiger partial charge in [0.15, 0.2) is 5.82 Å². The Balaban J connectivity index is 1.60. The minimum Gasteiger partial charge on any atom is -0.481 e. The number of nitrogens with zero attached hydrogens (tertiary/aromatic N) is 3. The first-order valence-corrected chi connectivity index (χ1v) is 11.5. The monoisotopic (exact) mass is 433 g/mol. The molecule has 3 N–H and O–H groups in total. The van der Waals surface area contributed by atoms with Gasteiger partial charge in [-0.15, -0.1) is 10.2 Å². The van der Waals surface area contributed by atoms with Crippen molar-refractivity contribution < 1.29 is 9.90 Å². The van der Waals surface area contributed by atoms with Gasteiger partial charge in [-0.25, -0.2) is 0 Å². The Hall–Kier alpha value is -3.06. The maximum Gasteiger partial charge on any atom is 0.307 e. The van der Waals surface area contributed by atoms with Gasteiger partial charge in [0, 0.05) is 12.5 Å². The summed E-state index contributed by atoms with van der Waals surface area (Å²) >= 11 is 0. The number of carboxylic acids is 1. The van der Waals surface area contributed by atoms with Gasteiger partial charge in [-0.1, -0.05) is 67.1 Å². The Bertz CT molecular complexity index is 1010. The molecule has 1 saturated heterocycles. The summed E-state index contributed by atoms with van der Waals surface area (Å²) in [6, 6.07) is 17.2. The van der Waals surface area contributed by atoms with Crippen molar-refractivity contribution in [1.82, 2.24) is 25.9 Å². The molecule has 1 aromatic heterocycles. The number of carboxylic acid groups (broad SMARTS) is 1. The number of aromatic amines is 1. The van der Waals surface area contributed by atoms with Crippen LogP contribution in [0, 0.1) is 5.92 Å². The van der Waals surface area contributed by atoms with E-state index in [1.165, 1.54) is 24.0 Å². The highest BCUT2D eigenvalue weighted by atomic mass is 16.4. The van der Waals surface area contributed by atoms with Crippen LogP contribution < -0.4 is 5.32 Å². The molecule has 168 valence electrons. The summed E-state index contributed by atoms with van der Waals surface area (Å²) in [5.74, 6) is -0.681. The van der Waals surface area contributed by atoms with Gasteiger partial charge in [-0.2, -0.15) is 5.21 Å². The van der Waals surface area contributed by atoms with Crippen molar-refractivity contribution in [2.45, 2.75) is 50.9 Å². The predicted octanol–water partition coefficient (Wildman–Crippen LogP) is 4.16. The molecule has 32 heavy (non-hydrogen) atoms. The number of aliphatic carboxylic acids is 1. The summed E-state index contributed by atoms with van der Waals surface area (Å²) in [6.45, 7) is 4.14. The predicted molar refractivity (Wildman–Crippen MR) is 123 cm³/mol. The van der Waals surface area contributed by atoms with Crippen molar-refractivity contribution in [2.24, 2.45) is 5.92 Å². The highest BCUT2D eigenvalue weighted by molar-refractivity contribution is 5.71. The lowest BCUT2D eigenvalue weighted by atomic mass is 9.83. The molecule has 1 aliphatic heterocycles. The van der Waals surface area contributed by atoms with Gasteiger partial charge in [-0.05, 0) is 60.4 Å². The molecular weight excluding hydrogens is 402 g/mol. The van der Waals surface area contributed by atoms with Crippen LogP contribution in [-0.4, -0.2) is 44.8 Å². The van der Waals surface area contributed by atoms with Crippen LogP contribution in [0.4, 0.5) is 0 Å².